The van der Waals surface area contributed by atoms with Crippen LogP contribution in [0.15, 0.2) is 30.6 Å². The van der Waals surface area contributed by atoms with Crippen LogP contribution in [0.5, 0.6) is 0 Å². The zero-order valence-corrected chi connectivity index (χ0v) is 10.2. The molecule has 5 heteroatoms. The van der Waals surface area contributed by atoms with Crippen molar-refractivity contribution in [2.45, 2.75) is 6.92 Å². The van der Waals surface area contributed by atoms with E-state index >= 15 is 0 Å². The van der Waals surface area contributed by atoms with Crippen LogP contribution in [-0.2, 0) is 4.74 Å². The Labute approximate surface area is 104 Å². The SMILES string of the molecule is COCC(=O)n1cc(-c2ccc(C)c(F)c2)cn1. The molecule has 2 aromatic rings. The monoisotopic (exact) mass is 248 g/mol. The van der Waals surface area contributed by atoms with Crippen molar-refractivity contribution in [2.75, 3.05) is 13.7 Å². The number of methoxy groups -OCH3 is 1. The van der Waals surface area contributed by atoms with Crippen molar-refractivity contribution in [1.29, 1.82) is 0 Å². The van der Waals surface area contributed by atoms with Crippen molar-refractivity contribution in [3.63, 3.8) is 0 Å². The molecule has 1 aromatic carbocycles. The molecule has 1 aromatic heterocycles. The molecule has 0 atom stereocenters. The summed E-state index contributed by atoms with van der Waals surface area (Å²) in [7, 11) is 1.44. The average Bonchev–Trinajstić information content (AvgIpc) is 2.82. The van der Waals surface area contributed by atoms with Gasteiger partial charge in [-0.15, -0.1) is 0 Å². The summed E-state index contributed by atoms with van der Waals surface area (Å²) in [6.45, 7) is 1.66. The summed E-state index contributed by atoms with van der Waals surface area (Å²) in [5, 5.41) is 3.93. The van der Waals surface area contributed by atoms with Crippen LogP contribution >= 0.6 is 0 Å². The van der Waals surface area contributed by atoms with E-state index in [1.807, 2.05) is 0 Å². The van der Waals surface area contributed by atoms with Gasteiger partial charge in [0.1, 0.15) is 12.4 Å². The first kappa shape index (κ1) is 12.4. The number of halogens is 1. The summed E-state index contributed by atoms with van der Waals surface area (Å²) in [6, 6.07) is 4.91. The van der Waals surface area contributed by atoms with E-state index in [9.17, 15) is 9.18 Å². The van der Waals surface area contributed by atoms with Gasteiger partial charge in [-0.25, -0.2) is 9.07 Å². The molecular formula is C13H13FN2O2. The highest BCUT2D eigenvalue weighted by Gasteiger charge is 2.09. The smallest absolute Gasteiger partial charge is 0.272 e. The zero-order valence-electron chi connectivity index (χ0n) is 10.2. The Morgan fingerprint density at radius 1 is 1.44 bits per heavy atom. The molecule has 1 heterocycles. The summed E-state index contributed by atoms with van der Waals surface area (Å²) < 4.78 is 19.4. The van der Waals surface area contributed by atoms with Crippen molar-refractivity contribution in [1.82, 2.24) is 9.78 Å². The first-order chi connectivity index (χ1) is 8.61. The zero-order chi connectivity index (χ0) is 13.1. The second-order valence-electron chi connectivity index (χ2n) is 3.96. The number of aryl methyl sites for hydroxylation is 1. The van der Waals surface area contributed by atoms with Gasteiger partial charge < -0.3 is 4.74 Å². The normalized spacial score (nSPS) is 10.6. The first-order valence-electron chi connectivity index (χ1n) is 5.45. The molecular weight excluding hydrogens is 235 g/mol. The summed E-state index contributed by atoms with van der Waals surface area (Å²) in [5.74, 6) is -0.542. The van der Waals surface area contributed by atoms with Gasteiger partial charge in [0.15, 0.2) is 0 Å². The lowest BCUT2D eigenvalue weighted by molar-refractivity contribution is 0.0745. The largest absolute Gasteiger partial charge is 0.375 e. The van der Waals surface area contributed by atoms with E-state index < -0.39 is 0 Å². The molecule has 0 saturated heterocycles. The van der Waals surface area contributed by atoms with E-state index in [1.165, 1.54) is 24.1 Å². The van der Waals surface area contributed by atoms with Gasteiger partial charge in [-0.3, -0.25) is 4.79 Å². The molecule has 0 fully saturated rings. The third-order valence-corrected chi connectivity index (χ3v) is 2.61. The van der Waals surface area contributed by atoms with E-state index in [1.54, 1.807) is 25.3 Å². The predicted molar refractivity (Wildman–Crippen MR) is 64.9 cm³/mol. The Hall–Kier alpha value is -2.01. The summed E-state index contributed by atoms with van der Waals surface area (Å²) in [4.78, 5) is 11.5. The molecule has 18 heavy (non-hydrogen) atoms. The van der Waals surface area contributed by atoms with Crippen molar-refractivity contribution in [3.8, 4) is 11.1 Å². The Kier molecular flexibility index (Phi) is 3.53. The number of benzene rings is 1. The van der Waals surface area contributed by atoms with E-state index in [0.717, 1.165) is 0 Å². The number of hydrogen-bond donors (Lipinski definition) is 0. The molecule has 0 bridgehead atoms. The van der Waals surface area contributed by atoms with E-state index in [-0.39, 0.29) is 18.3 Å². The quantitative estimate of drug-likeness (QED) is 0.837. The van der Waals surface area contributed by atoms with E-state index in [4.69, 9.17) is 4.74 Å². The highest BCUT2D eigenvalue weighted by Crippen LogP contribution is 2.21. The van der Waals surface area contributed by atoms with Crippen LogP contribution in [0, 0.1) is 12.7 Å². The molecule has 0 spiro atoms. The minimum absolute atomic E-state index is 0.0383. The van der Waals surface area contributed by atoms with Gasteiger partial charge in [-0.1, -0.05) is 12.1 Å². The number of aromatic nitrogens is 2. The number of nitrogens with zero attached hydrogens (tertiary/aromatic N) is 2. The van der Waals surface area contributed by atoms with Crippen LogP contribution in [-0.4, -0.2) is 29.4 Å². The number of ether oxygens (including phenoxy) is 1. The predicted octanol–water partition coefficient (Wildman–Crippen LogP) is 2.28. The van der Waals surface area contributed by atoms with E-state index in [2.05, 4.69) is 5.10 Å². The lowest BCUT2D eigenvalue weighted by atomic mass is 10.1. The Morgan fingerprint density at radius 2 is 2.22 bits per heavy atom. The number of carbonyl (C=O) groups excluding carboxylic acids is 1. The van der Waals surface area contributed by atoms with Crippen LogP contribution in [0.2, 0.25) is 0 Å². The standard InChI is InChI=1S/C13H13FN2O2/c1-9-3-4-10(5-12(9)14)11-6-15-16(7-11)13(17)8-18-2/h3-7H,8H2,1-2H3. The summed E-state index contributed by atoms with van der Waals surface area (Å²) in [5.41, 5.74) is 1.97. The van der Waals surface area contributed by atoms with Crippen molar-refractivity contribution < 1.29 is 13.9 Å². The molecule has 0 N–H and O–H groups in total. The number of carbonyl (C=O) groups is 1. The van der Waals surface area contributed by atoms with Gasteiger partial charge in [0.05, 0.1) is 6.20 Å². The van der Waals surface area contributed by atoms with Crippen LogP contribution < -0.4 is 0 Å². The minimum atomic E-state index is -0.275. The molecule has 0 aliphatic carbocycles. The molecule has 0 radical (unpaired) electrons. The van der Waals surface area contributed by atoms with Gasteiger partial charge in [0.25, 0.3) is 5.91 Å². The maximum Gasteiger partial charge on any atom is 0.272 e. The second kappa shape index (κ2) is 5.10. The lowest BCUT2D eigenvalue weighted by Crippen LogP contribution is -2.16. The fourth-order valence-corrected chi connectivity index (χ4v) is 1.57. The van der Waals surface area contributed by atoms with Crippen molar-refractivity contribution in [2.24, 2.45) is 0 Å². The average molecular weight is 248 g/mol. The van der Waals surface area contributed by atoms with Gasteiger partial charge in [0, 0.05) is 18.9 Å². The molecule has 0 aliphatic rings. The fourth-order valence-electron chi connectivity index (χ4n) is 1.57. The molecule has 0 aliphatic heterocycles. The molecule has 0 saturated carbocycles. The highest BCUT2D eigenvalue weighted by atomic mass is 19.1. The summed E-state index contributed by atoms with van der Waals surface area (Å²) in [6.07, 6.45) is 3.09. The summed E-state index contributed by atoms with van der Waals surface area (Å²) >= 11 is 0. The maximum atomic E-state index is 13.4. The fraction of sp³-hybridized carbons (Fsp3) is 0.231. The number of rotatable bonds is 3. The highest BCUT2D eigenvalue weighted by molar-refractivity contribution is 5.80. The number of hydrogen-bond acceptors (Lipinski definition) is 3. The van der Waals surface area contributed by atoms with Gasteiger partial charge in [0.2, 0.25) is 0 Å². The Morgan fingerprint density at radius 3 is 2.89 bits per heavy atom. The Bertz CT molecular complexity index is 578. The van der Waals surface area contributed by atoms with Crippen molar-refractivity contribution in [3.05, 3.63) is 42.0 Å². The third-order valence-electron chi connectivity index (χ3n) is 2.61. The molecule has 0 unspecified atom stereocenters. The minimum Gasteiger partial charge on any atom is -0.375 e. The Balaban J connectivity index is 2.29. The molecule has 2 rings (SSSR count). The van der Waals surface area contributed by atoms with Crippen LogP contribution in [0.3, 0.4) is 0 Å². The van der Waals surface area contributed by atoms with E-state index in [0.29, 0.717) is 16.7 Å². The van der Waals surface area contributed by atoms with Gasteiger partial charge in [-0.2, -0.15) is 5.10 Å². The van der Waals surface area contributed by atoms with Crippen LogP contribution in [0.25, 0.3) is 11.1 Å². The third kappa shape index (κ3) is 2.46. The molecule has 94 valence electrons. The maximum absolute atomic E-state index is 13.4. The lowest BCUT2D eigenvalue weighted by Gasteiger charge is -2.00. The van der Waals surface area contributed by atoms with Gasteiger partial charge in [-0.05, 0) is 24.1 Å². The molecule has 4 nitrogen and oxygen atoms in total. The van der Waals surface area contributed by atoms with Crippen molar-refractivity contribution >= 4 is 5.91 Å². The molecule has 0 amide bonds. The topological polar surface area (TPSA) is 44.1 Å². The first-order valence-corrected chi connectivity index (χ1v) is 5.45. The second-order valence-corrected chi connectivity index (χ2v) is 3.96. The van der Waals surface area contributed by atoms with Gasteiger partial charge >= 0.3 is 0 Å². The van der Waals surface area contributed by atoms with Crippen LogP contribution in [0.1, 0.15) is 10.4 Å². The van der Waals surface area contributed by atoms with Crippen LogP contribution in [0.4, 0.5) is 4.39 Å².